The second kappa shape index (κ2) is 9.50. The second-order valence-corrected chi connectivity index (χ2v) is 12.7. The van der Waals surface area contributed by atoms with Gasteiger partial charge in [0.15, 0.2) is 0 Å². The second-order valence-electron chi connectivity index (χ2n) is 8.81. The lowest BCUT2D eigenvalue weighted by Crippen LogP contribution is -2.01. The van der Waals surface area contributed by atoms with Gasteiger partial charge in [-0.25, -0.2) is 16.8 Å². The van der Waals surface area contributed by atoms with Crippen molar-refractivity contribution in [1.29, 1.82) is 0 Å². The highest BCUT2D eigenvalue weighted by atomic mass is 32.2. The lowest BCUT2D eigenvalue weighted by atomic mass is 9.95. The standard InChI is InChI=1S/C30H25NO4S2/c1-21-29(23-13-17-27(18-14-23)36(32,33)25-9-5-3-6-10-25)30(22(2)31-21)24-15-19-28(20-16-24)37(34,35)26-11-7-4-8-12-26/h3-20,31H,1-2H3. The molecule has 37 heavy (non-hydrogen) atoms. The van der Waals surface area contributed by atoms with Gasteiger partial charge in [0.2, 0.25) is 19.7 Å². The molecule has 5 aromatic rings. The van der Waals surface area contributed by atoms with Crippen LogP contribution in [0.5, 0.6) is 0 Å². The van der Waals surface area contributed by atoms with Gasteiger partial charge in [0.05, 0.1) is 19.6 Å². The topological polar surface area (TPSA) is 84.1 Å². The van der Waals surface area contributed by atoms with Gasteiger partial charge in [-0.05, 0) is 73.5 Å². The van der Waals surface area contributed by atoms with E-state index in [1.165, 1.54) is 0 Å². The molecule has 0 saturated heterocycles. The fourth-order valence-electron chi connectivity index (χ4n) is 4.58. The third-order valence-corrected chi connectivity index (χ3v) is 9.96. The maximum absolute atomic E-state index is 13.0. The third-order valence-electron chi connectivity index (χ3n) is 6.39. The SMILES string of the molecule is Cc1[nH]c(C)c(-c2ccc(S(=O)(=O)c3ccccc3)cc2)c1-c1ccc(S(=O)(=O)c2ccccc2)cc1. The maximum Gasteiger partial charge on any atom is 0.206 e. The first-order valence-corrected chi connectivity index (χ1v) is 14.7. The van der Waals surface area contributed by atoms with E-state index in [2.05, 4.69) is 4.98 Å². The molecular weight excluding hydrogens is 502 g/mol. The van der Waals surface area contributed by atoms with Gasteiger partial charge in [0, 0.05) is 22.5 Å². The Kier molecular flexibility index (Phi) is 6.35. The fraction of sp³-hybridized carbons (Fsp3) is 0.0667. The van der Waals surface area contributed by atoms with Crippen molar-refractivity contribution >= 4 is 19.7 Å². The number of rotatable bonds is 6. The average Bonchev–Trinajstić information content (AvgIpc) is 3.23. The van der Waals surface area contributed by atoms with E-state index >= 15 is 0 Å². The van der Waals surface area contributed by atoms with Crippen LogP contribution in [0.25, 0.3) is 22.3 Å². The van der Waals surface area contributed by atoms with Crippen molar-refractivity contribution in [3.63, 3.8) is 0 Å². The van der Waals surface area contributed by atoms with Crippen molar-refractivity contribution in [3.05, 3.63) is 121 Å². The van der Waals surface area contributed by atoms with Crippen LogP contribution in [0.4, 0.5) is 0 Å². The summed E-state index contributed by atoms with van der Waals surface area (Å²) in [6.07, 6.45) is 0. The predicted molar refractivity (Wildman–Crippen MR) is 145 cm³/mol. The summed E-state index contributed by atoms with van der Waals surface area (Å²) in [6, 6.07) is 30.5. The first-order valence-electron chi connectivity index (χ1n) is 11.7. The summed E-state index contributed by atoms with van der Waals surface area (Å²) in [5, 5.41) is 0. The molecule has 0 amide bonds. The van der Waals surface area contributed by atoms with E-state index < -0.39 is 19.7 Å². The Morgan fingerprint density at radius 2 is 0.730 bits per heavy atom. The molecule has 0 aliphatic heterocycles. The van der Waals surface area contributed by atoms with Crippen molar-refractivity contribution < 1.29 is 16.8 Å². The Balaban J connectivity index is 1.52. The van der Waals surface area contributed by atoms with Crippen LogP contribution >= 0.6 is 0 Å². The highest BCUT2D eigenvalue weighted by molar-refractivity contribution is 7.91. The molecule has 0 atom stereocenters. The van der Waals surface area contributed by atoms with Gasteiger partial charge in [-0.3, -0.25) is 0 Å². The van der Waals surface area contributed by atoms with E-state index in [0.717, 1.165) is 33.6 Å². The minimum Gasteiger partial charge on any atom is -0.362 e. The molecule has 4 aromatic carbocycles. The van der Waals surface area contributed by atoms with E-state index in [-0.39, 0.29) is 19.6 Å². The third kappa shape index (κ3) is 4.52. The van der Waals surface area contributed by atoms with Crippen LogP contribution < -0.4 is 0 Å². The van der Waals surface area contributed by atoms with Gasteiger partial charge in [0.25, 0.3) is 0 Å². The molecule has 0 aliphatic carbocycles. The van der Waals surface area contributed by atoms with E-state index in [0.29, 0.717) is 0 Å². The smallest absolute Gasteiger partial charge is 0.206 e. The normalized spacial score (nSPS) is 11.9. The van der Waals surface area contributed by atoms with E-state index in [1.807, 2.05) is 38.1 Å². The number of sulfone groups is 2. The van der Waals surface area contributed by atoms with Gasteiger partial charge < -0.3 is 4.98 Å². The van der Waals surface area contributed by atoms with E-state index in [1.54, 1.807) is 84.9 Å². The van der Waals surface area contributed by atoms with Crippen molar-refractivity contribution in [1.82, 2.24) is 4.98 Å². The number of hydrogen-bond donors (Lipinski definition) is 1. The average molecular weight is 528 g/mol. The molecule has 1 heterocycles. The number of benzene rings is 4. The number of H-pyrrole nitrogens is 1. The molecule has 0 saturated carbocycles. The Labute approximate surface area is 217 Å². The molecule has 0 bridgehead atoms. The maximum atomic E-state index is 13.0. The summed E-state index contributed by atoms with van der Waals surface area (Å²) in [7, 11) is -7.22. The number of aromatic amines is 1. The van der Waals surface area contributed by atoms with Crippen molar-refractivity contribution in [2.75, 3.05) is 0 Å². The molecule has 1 N–H and O–H groups in total. The first kappa shape index (κ1) is 24.7. The van der Waals surface area contributed by atoms with Crippen LogP contribution in [-0.4, -0.2) is 21.8 Å². The predicted octanol–water partition coefficient (Wildman–Crippen LogP) is 6.63. The zero-order valence-electron chi connectivity index (χ0n) is 20.3. The molecule has 5 rings (SSSR count). The summed E-state index contributed by atoms with van der Waals surface area (Å²) in [4.78, 5) is 4.34. The molecule has 0 aliphatic rings. The highest BCUT2D eigenvalue weighted by Crippen LogP contribution is 2.38. The molecule has 7 heteroatoms. The number of aromatic nitrogens is 1. The molecule has 0 spiro atoms. The zero-order chi connectivity index (χ0) is 26.2. The molecular formula is C30H25NO4S2. The Morgan fingerprint density at radius 3 is 1.05 bits per heavy atom. The van der Waals surface area contributed by atoms with Crippen LogP contribution in [0.1, 0.15) is 11.4 Å². The Morgan fingerprint density at radius 1 is 0.432 bits per heavy atom. The van der Waals surface area contributed by atoms with E-state index in [9.17, 15) is 16.8 Å². The summed E-state index contributed by atoms with van der Waals surface area (Å²) in [6.45, 7) is 3.93. The molecule has 0 radical (unpaired) electrons. The Hall–Kier alpha value is -3.94. The van der Waals surface area contributed by atoms with Gasteiger partial charge in [0.1, 0.15) is 0 Å². The molecule has 5 nitrogen and oxygen atoms in total. The molecule has 186 valence electrons. The minimum absolute atomic E-state index is 0.226. The molecule has 1 aromatic heterocycles. The van der Waals surface area contributed by atoms with Crippen LogP contribution in [-0.2, 0) is 19.7 Å². The van der Waals surface area contributed by atoms with Crippen LogP contribution in [0.15, 0.2) is 129 Å². The van der Waals surface area contributed by atoms with Crippen molar-refractivity contribution in [2.45, 2.75) is 33.4 Å². The lowest BCUT2D eigenvalue weighted by Gasteiger charge is -2.11. The molecule has 0 fully saturated rings. The number of hydrogen-bond acceptors (Lipinski definition) is 4. The number of nitrogens with one attached hydrogen (secondary N) is 1. The monoisotopic (exact) mass is 527 g/mol. The van der Waals surface area contributed by atoms with E-state index in [4.69, 9.17) is 0 Å². The first-order chi connectivity index (χ1) is 17.7. The van der Waals surface area contributed by atoms with Crippen LogP contribution in [0.3, 0.4) is 0 Å². The van der Waals surface area contributed by atoms with Crippen molar-refractivity contribution in [2.24, 2.45) is 0 Å². The van der Waals surface area contributed by atoms with Gasteiger partial charge in [-0.1, -0.05) is 60.7 Å². The minimum atomic E-state index is -3.61. The van der Waals surface area contributed by atoms with Crippen LogP contribution in [0.2, 0.25) is 0 Å². The largest absolute Gasteiger partial charge is 0.362 e. The Bertz CT molecular complexity index is 1640. The summed E-state index contributed by atoms with van der Waals surface area (Å²) in [5.74, 6) is 0. The quantitative estimate of drug-likeness (QED) is 0.269. The van der Waals surface area contributed by atoms with Crippen molar-refractivity contribution in [3.8, 4) is 22.3 Å². The summed E-state index contributed by atoms with van der Waals surface area (Å²) in [5.41, 5.74) is 5.49. The summed E-state index contributed by atoms with van der Waals surface area (Å²) < 4.78 is 52.0. The van der Waals surface area contributed by atoms with Gasteiger partial charge >= 0.3 is 0 Å². The zero-order valence-corrected chi connectivity index (χ0v) is 22.0. The van der Waals surface area contributed by atoms with Gasteiger partial charge in [-0.15, -0.1) is 0 Å². The number of aryl methyl sites for hydroxylation is 2. The molecule has 0 unspecified atom stereocenters. The van der Waals surface area contributed by atoms with Crippen LogP contribution in [0, 0.1) is 13.8 Å². The summed E-state index contributed by atoms with van der Waals surface area (Å²) >= 11 is 0. The fourth-order valence-corrected chi connectivity index (χ4v) is 7.14. The lowest BCUT2D eigenvalue weighted by molar-refractivity contribution is 0.594. The highest BCUT2D eigenvalue weighted by Gasteiger charge is 2.21. The van der Waals surface area contributed by atoms with Gasteiger partial charge in [-0.2, -0.15) is 0 Å².